The lowest BCUT2D eigenvalue weighted by Gasteiger charge is -2.37. The first kappa shape index (κ1) is 17.9. The molecule has 4 heteroatoms. The zero-order valence-corrected chi connectivity index (χ0v) is 15.6. The summed E-state index contributed by atoms with van der Waals surface area (Å²) in [6, 6.07) is 14.8. The van der Waals surface area contributed by atoms with Crippen LogP contribution in [-0.2, 0) is 18.6 Å². The highest BCUT2D eigenvalue weighted by Gasteiger charge is 2.35. The number of aryl methyl sites for hydroxylation is 1. The van der Waals surface area contributed by atoms with Crippen LogP contribution in [0.2, 0.25) is 0 Å². The predicted molar refractivity (Wildman–Crippen MR) is 110 cm³/mol. The second-order valence-electron chi connectivity index (χ2n) is 7.85. The van der Waals surface area contributed by atoms with Crippen LogP contribution in [0.25, 0.3) is 0 Å². The van der Waals surface area contributed by atoms with E-state index in [1.807, 2.05) is 6.07 Å². The smallest absolute Gasteiger partial charge is 0.0896 e. The quantitative estimate of drug-likeness (QED) is 0.668. The number of hydrogen-bond donors (Lipinski definition) is 3. The van der Waals surface area contributed by atoms with Crippen molar-refractivity contribution in [3.63, 3.8) is 0 Å². The van der Waals surface area contributed by atoms with Crippen LogP contribution in [0.3, 0.4) is 0 Å². The molecule has 0 saturated heterocycles. The molecule has 2 aromatic carbocycles. The largest absolute Gasteiger partial charge is 0.385 e. The molecule has 1 saturated carbocycles. The Kier molecular flexibility index (Phi) is 4.83. The maximum atomic E-state index is 10.5. The fourth-order valence-electron chi connectivity index (χ4n) is 4.25. The molecule has 0 bridgehead atoms. The Morgan fingerprint density at radius 3 is 2.41 bits per heavy atom. The number of rotatable bonds is 6. The molecule has 4 rings (SSSR count). The summed E-state index contributed by atoms with van der Waals surface area (Å²) < 4.78 is 0. The lowest BCUT2D eigenvalue weighted by Crippen LogP contribution is -2.33. The van der Waals surface area contributed by atoms with Gasteiger partial charge in [0.25, 0.3) is 0 Å². The van der Waals surface area contributed by atoms with E-state index < -0.39 is 5.60 Å². The minimum absolute atomic E-state index is 0.226. The molecular formula is C23H27N3O. The third-order valence-corrected chi connectivity index (χ3v) is 6.11. The molecule has 0 spiro atoms. The Morgan fingerprint density at radius 2 is 1.78 bits per heavy atom. The van der Waals surface area contributed by atoms with Crippen LogP contribution in [0.15, 0.2) is 42.5 Å². The topological polar surface area (TPSA) is 71.2 Å². The number of anilines is 1. The molecule has 0 radical (unpaired) electrons. The maximum absolute atomic E-state index is 10.5. The van der Waals surface area contributed by atoms with Gasteiger partial charge in [-0.3, -0.25) is 0 Å². The van der Waals surface area contributed by atoms with E-state index in [1.54, 1.807) is 0 Å². The van der Waals surface area contributed by atoms with Gasteiger partial charge in [-0.1, -0.05) is 36.4 Å². The first-order chi connectivity index (χ1) is 13.1. The predicted octanol–water partition coefficient (Wildman–Crippen LogP) is 4.39. The SMILES string of the molecule is N=CC(C=N)c1ccc2c(c1)CCCN2Cc1ccc(C2(O)CCC2)cc1. The molecule has 4 nitrogen and oxygen atoms in total. The molecule has 0 amide bonds. The first-order valence-corrected chi connectivity index (χ1v) is 9.84. The van der Waals surface area contributed by atoms with Crippen LogP contribution in [0, 0.1) is 10.8 Å². The van der Waals surface area contributed by atoms with Crippen LogP contribution >= 0.6 is 0 Å². The normalized spacial score (nSPS) is 18.9. The molecule has 140 valence electrons. The van der Waals surface area contributed by atoms with Crippen molar-refractivity contribution in [2.24, 2.45) is 0 Å². The van der Waals surface area contributed by atoms with Gasteiger partial charge in [-0.2, -0.15) is 0 Å². The molecule has 1 aliphatic carbocycles. The zero-order chi connectivity index (χ0) is 18.9. The average molecular weight is 361 g/mol. The Bertz CT molecular complexity index is 831. The molecule has 1 heterocycles. The van der Waals surface area contributed by atoms with E-state index in [1.165, 1.54) is 29.2 Å². The van der Waals surface area contributed by atoms with Crippen molar-refractivity contribution in [2.45, 2.75) is 50.2 Å². The Hall–Kier alpha value is -2.46. The van der Waals surface area contributed by atoms with Crippen molar-refractivity contribution in [1.82, 2.24) is 0 Å². The number of benzene rings is 2. The monoisotopic (exact) mass is 361 g/mol. The Morgan fingerprint density at radius 1 is 1.04 bits per heavy atom. The van der Waals surface area contributed by atoms with Crippen molar-refractivity contribution in [1.29, 1.82) is 10.8 Å². The molecule has 2 aromatic rings. The van der Waals surface area contributed by atoms with E-state index in [0.29, 0.717) is 0 Å². The lowest BCUT2D eigenvalue weighted by molar-refractivity contribution is -0.0388. The minimum atomic E-state index is -0.590. The van der Waals surface area contributed by atoms with Crippen molar-refractivity contribution >= 4 is 18.1 Å². The van der Waals surface area contributed by atoms with Crippen molar-refractivity contribution in [3.05, 3.63) is 64.7 Å². The second kappa shape index (κ2) is 7.28. The summed E-state index contributed by atoms with van der Waals surface area (Å²) >= 11 is 0. The van der Waals surface area contributed by atoms with Crippen molar-refractivity contribution < 1.29 is 5.11 Å². The van der Waals surface area contributed by atoms with Crippen molar-refractivity contribution in [2.75, 3.05) is 11.4 Å². The highest BCUT2D eigenvalue weighted by Crippen LogP contribution is 2.41. The zero-order valence-electron chi connectivity index (χ0n) is 15.6. The molecule has 2 aliphatic rings. The highest BCUT2D eigenvalue weighted by molar-refractivity contribution is 5.87. The van der Waals surface area contributed by atoms with Gasteiger partial charge in [-0.15, -0.1) is 0 Å². The third-order valence-electron chi connectivity index (χ3n) is 6.11. The van der Waals surface area contributed by atoms with E-state index in [2.05, 4.69) is 41.3 Å². The lowest BCUT2D eigenvalue weighted by atomic mass is 9.75. The first-order valence-electron chi connectivity index (χ1n) is 9.84. The van der Waals surface area contributed by atoms with Gasteiger partial charge in [0, 0.05) is 31.2 Å². The number of aliphatic hydroxyl groups is 1. The van der Waals surface area contributed by atoms with E-state index in [-0.39, 0.29) is 5.92 Å². The molecular weight excluding hydrogens is 334 g/mol. The van der Waals surface area contributed by atoms with Gasteiger partial charge in [0.1, 0.15) is 0 Å². The van der Waals surface area contributed by atoms with Crippen LogP contribution in [0.5, 0.6) is 0 Å². The maximum Gasteiger partial charge on any atom is 0.0896 e. The molecule has 0 unspecified atom stereocenters. The van der Waals surface area contributed by atoms with E-state index in [0.717, 1.165) is 56.3 Å². The second-order valence-corrected chi connectivity index (χ2v) is 7.85. The number of nitrogens with one attached hydrogen (secondary N) is 2. The van der Waals surface area contributed by atoms with E-state index >= 15 is 0 Å². The summed E-state index contributed by atoms with van der Waals surface area (Å²) in [6.07, 6.45) is 7.69. The third kappa shape index (κ3) is 3.42. The van der Waals surface area contributed by atoms with Gasteiger partial charge < -0.3 is 20.8 Å². The van der Waals surface area contributed by atoms with Gasteiger partial charge in [-0.25, -0.2) is 0 Å². The van der Waals surface area contributed by atoms with Crippen LogP contribution in [0.1, 0.15) is 53.9 Å². The summed E-state index contributed by atoms with van der Waals surface area (Å²) in [5.74, 6) is -0.226. The van der Waals surface area contributed by atoms with Crippen molar-refractivity contribution in [3.8, 4) is 0 Å². The summed E-state index contributed by atoms with van der Waals surface area (Å²) in [6.45, 7) is 1.90. The fraction of sp³-hybridized carbons (Fsp3) is 0.391. The summed E-state index contributed by atoms with van der Waals surface area (Å²) in [4.78, 5) is 2.42. The Balaban J connectivity index is 1.52. The molecule has 0 aromatic heterocycles. The molecule has 1 fully saturated rings. The molecule has 1 aliphatic heterocycles. The van der Waals surface area contributed by atoms with Gasteiger partial charge in [-0.05, 0) is 60.4 Å². The standard InChI is InChI=1S/C23H27N3O/c24-14-20(15-25)18-6-9-22-19(13-18)3-1-12-26(22)16-17-4-7-21(8-5-17)23(27)10-2-11-23/h4-9,13-15,20,24-25,27H,1-3,10-12,16H2. The number of fused-ring (bicyclic) bond motifs is 1. The van der Waals surface area contributed by atoms with Crippen LogP contribution in [0.4, 0.5) is 5.69 Å². The summed E-state index contributed by atoms with van der Waals surface area (Å²) in [5.41, 5.74) is 5.32. The summed E-state index contributed by atoms with van der Waals surface area (Å²) in [5, 5.41) is 25.5. The molecule has 27 heavy (non-hydrogen) atoms. The van der Waals surface area contributed by atoms with Gasteiger partial charge in [0.05, 0.1) is 11.5 Å². The number of nitrogens with zero attached hydrogens (tertiary/aromatic N) is 1. The average Bonchev–Trinajstić information content (AvgIpc) is 2.68. The number of hydrogen-bond acceptors (Lipinski definition) is 4. The van der Waals surface area contributed by atoms with Crippen LogP contribution in [-0.4, -0.2) is 24.1 Å². The Labute approximate surface area is 160 Å². The van der Waals surface area contributed by atoms with Gasteiger partial charge in [0.15, 0.2) is 0 Å². The van der Waals surface area contributed by atoms with E-state index in [4.69, 9.17) is 10.8 Å². The van der Waals surface area contributed by atoms with Gasteiger partial charge >= 0.3 is 0 Å². The molecule has 0 atom stereocenters. The van der Waals surface area contributed by atoms with Crippen LogP contribution < -0.4 is 4.90 Å². The van der Waals surface area contributed by atoms with E-state index in [9.17, 15) is 5.11 Å². The fourth-order valence-corrected chi connectivity index (χ4v) is 4.25. The highest BCUT2D eigenvalue weighted by atomic mass is 16.3. The summed E-state index contributed by atoms with van der Waals surface area (Å²) in [7, 11) is 0. The molecule has 3 N–H and O–H groups in total. The minimum Gasteiger partial charge on any atom is -0.385 e. The van der Waals surface area contributed by atoms with Gasteiger partial charge in [0.2, 0.25) is 0 Å².